The second-order valence-corrected chi connectivity index (χ2v) is 7.20. The van der Waals surface area contributed by atoms with Crippen molar-refractivity contribution < 1.29 is 9.53 Å². The molecule has 0 spiro atoms. The lowest BCUT2D eigenvalue weighted by atomic mass is 10.2. The van der Waals surface area contributed by atoms with E-state index in [0.717, 1.165) is 37.6 Å². The van der Waals surface area contributed by atoms with Crippen LogP contribution in [-0.4, -0.2) is 50.1 Å². The van der Waals surface area contributed by atoms with E-state index in [1.54, 1.807) is 18.4 Å². The molecule has 3 rings (SSSR count). The Kier molecular flexibility index (Phi) is 5.94. The van der Waals surface area contributed by atoms with Crippen LogP contribution in [0, 0.1) is 0 Å². The zero-order valence-corrected chi connectivity index (χ0v) is 15.6. The molecule has 1 aromatic heterocycles. The first kappa shape index (κ1) is 17.8. The molecule has 134 valence electrons. The number of carbonyl (C=O) groups excluding carboxylic acids is 1. The molecule has 0 aliphatic carbocycles. The highest BCUT2D eigenvalue weighted by Gasteiger charge is 2.26. The Balaban J connectivity index is 1.52. The summed E-state index contributed by atoms with van der Waals surface area (Å²) >= 11 is 1.67. The Morgan fingerprint density at radius 3 is 2.64 bits per heavy atom. The molecule has 0 unspecified atom stereocenters. The van der Waals surface area contributed by atoms with E-state index in [1.807, 2.05) is 42.6 Å². The average molecular weight is 359 g/mol. The van der Waals surface area contributed by atoms with E-state index < -0.39 is 0 Å². The lowest BCUT2D eigenvalue weighted by Gasteiger charge is -2.38. The normalized spacial score (nSPS) is 16.5. The van der Waals surface area contributed by atoms with E-state index in [4.69, 9.17) is 4.74 Å². The van der Waals surface area contributed by atoms with Gasteiger partial charge in [0.2, 0.25) is 5.91 Å². The highest BCUT2D eigenvalue weighted by Crippen LogP contribution is 2.28. The van der Waals surface area contributed by atoms with E-state index in [0.29, 0.717) is 6.54 Å². The van der Waals surface area contributed by atoms with Crippen molar-refractivity contribution in [3.63, 3.8) is 0 Å². The average Bonchev–Trinajstić information content (AvgIpc) is 3.19. The van der Waals surface area contributed by atoms with Crippen LogP contribution in [0.2, 0.25) is 0 Å². The number of amides is 1. The molecule has 2 heterocycles. The molecular formula is C19H25N3O2S. The molecule has 5 nitrogen and oxygen atoms in total. The van der Waals surface area contributed by atoms with Gasteiger partial charge in [0.05, 0.1) is 25.4 Å². The zero-order chi connectivity index (χ0) is 17.6. The predicted molar refractivity (Wildman–Crippen MR) is 102 cm³/mol. The highest BCUT2D eigenvalue weighted by atomic mass is 32.1. The van der Waals surface area contributed by atoms with Crippen molar-refractivity contribution in [1.82, 2.24) is 10.2 Å². The Bertz CT molecular complexity index is 682. The van der Waals surface area contributed by atoms with E-state index in [9.17, 15) is 4.79 Å². The summed E-state index contributed by atoms with van der Waals surface area (Å²) in [5, 5.41) is 5.07. The van der Waals surface area contributed by atoms with Gasteiger partial charge in [0.1, 0.15) is 5.75 Å². The summed E-state index contributed by atoms with van der Waals surface area (Å²) < 4.78 is 5.46. The van der Waals surface area contributed by atoms with Gasteiger partial charge in [-0.3, -0.25) is 9.69 Å². The molecule has 6 heteroatoms. The molecule has 0 bridgehead atoms. The van der Waals surface area contributed by atoms with E-state index >= 15 is 0 Å². The number of thiophene rings is 1. The van der Waals surface area contributed by atoms with Gasteiger partial charge in [0.15, 0.2) is 0 Å². The van der Waals surface area contributed by atoms with Crippen molar-refractivity contribution in [3.05, 3.63) is 46.7 Å². The molecule has 1 aliphatic heterocycles. The minimum Gasteiger partial charge on any atom is -0.495 e. The third-order valence-corrected chi connectivity index (χ3v) is 5.56. The van der Waals surface area contributed by atoms with Crippen LogP contribution in [0.4, 0.5) is 5.69 Å². The summed E-state index contributed by atoms with van der Waals surface area (Å²) in [7, 11) is 1.70. The quantitative estimate of drug-likeness (QED) is 0.861. The smallest absolute Gasteiger partial charge is 0.237 e. The van der Waals surface area contributed by atoms with Gasteiger partial charge in [0.25, 0.3) is 0 Å². The Hall–Kier alpha value is -2.05. The van der Waals surface area contributed by atoms with Gasteiger partial charge >= 0.3 is 0 Å². The molecule has 1 atom stereocenters. The highest BCUT2D eigenvalue weighted by molar-refractivity contribution is 7.09. The number of nitrogens with zero attached hydrogens (tertiary/aromatic N) is 2. The molecule has 0 radical (unpaired) electrons. The molecule has 1 aliphatic rings. The van der Waals surface area contributed by atoms with Crippen LogP contribution in [0.25, 0.3) is 0 Å². The fourth-order valence-electron chi connectivity index (χ4n) is 3.14. The summed E-state index contributed by atoms with van der Waals surface area (Å²) in [6.45, 7) is 6.12. The number of anilines is 1. The predicted octanol–water partition coefficient (Wildman–Crippen LogP) is 2.58. The Morgan fingerprint density at radius 2 is 1.96 bits per heavy atom. The van der Waals surface area contributed by atoms with Crippen LogP contribution in [0.1, 0.15) is 11.8 Å². The molecule has 1 saturated heterocycles. The fourth-order valence-corrected chi connectivity index (χ4v) is 3.79. The standard InChI is InChI=1S/C19H25N3O2S/c1-15(19(23)20-14-16-6-5-13-25-16)21-9-11-22(12-10-21)17-7-3-4-8-18(17)24-2/h3-8,13,15H,9-12,14H2,1-2H3,(H,20,23)/t15-/m0/s1. The molecule has 1 fully saturated rings. The van der Waals surface area contributed by atoms with Crippen molar-refractivity contribution in [2.24, 2.45) is 0 Å². The number of methoxy groups -OCH3 is 1. The summed E-state index contributed by atoms with van der Waals surface area (Å²) in [6, 6.07) is 12.0. The SMILES string of the molecule is COc1ccccc1N1CCN([C@@H](C)C(=O)NCc2cccs2)CC1. The number of piperazine rings is 1. The van der Waals surface area contributed by atoms with Crippen molar-refractivity contribution in [2.75, 3.05) is 38.2 Å². The summed E-state index contributed by atoms with van der Waals surface area (Å²) in [5.41, 5.74) is 1.12. The monoisotopic (exact) mass is 359 g/mol. The van der Waals surface area contributed by atoms with Crippen LogP contribution in [0.15, 0.2) is 41.8 Å². The van der Waals surface area contributed by atoms with Crippen molar-refractivity contribution >= 4 is 22.9 Å². The molecule has 1 N–H and O–H groups in total. The minimum atomic E-state index is -0.111. The van der Waals surface area contributed by atoms with Gasteiger partial charge in [-0.25, -0.2) is 0 Å². The number of nitrogens with one attached hydrogen (secondary N) is 1. The number of benzene rings is 1. The van der Waals surface area contributed by atoms with Gasteiger partial charge in [-0.05, 0) is 30.5 Å². The van der Waals surface area contributed by atoms with Gasteiger partial charge in [0, 0.05) is 31.1 Å². The molecule has 0 saturated carbocycles. The van der Waals surface area contributed by atoms with Gasteiger partial charge in [-0.15, -0.1) is 11.3 Å². The van der Waals surface area contributed by atoms with Gasteiger partial charge in [-0.2, -0.15) is 0 Å². The van der Waals surface area contributed by atoms with Crippen LogP contribution in [0.3, 0.4) is 0 Å². The number of para-hydroxylation sites is 2. The maximum absolute atomic E-state index is 12.4. The first-order valence-corrected chi connectivity index (χ1v) is 9.49. The number of hydrogen-bond acceptors (Lipinski definition) is 5. The van der Waals surface area contributed by atoms with Gasteiger partial charge < -0.3 is 15.0 Å². The Morgan fingerprint density at radius 1 is 1.20 bits per heavy atom. The first-order chi connectivity index (χ1) is 12.2. The topological polar surface area (TPSA) is 44.8 Å². The van der Waals surface area contributed by atoms with Crippen LogP contribution in [0.5, 0.6) is 5.75 Å². The lowest BCUT2D eigenvalue weighted by molar-refractivity contribution is -0.126. The number of carbonyl (C=O) groups is 1. The molecule has 1 aromatic carbocycles. The van der Waals surface area contributed by atoms with Crippen LogP contribution in [-0.2, 0) is 11.3 Å². The maximum atomic E-state index is 12.4. The van der Waals surface area contributed by atoms with Crippen LogP contribution >= 0.6 is 11.3 Å². The second kappa shape index (κ2) is 8.36. The zero-order valence-electron chi connectivity index (χ0n) is 14.8. The van der Waals surface area contributed by atoms with Crippen molar-refractivity contribution in [1.29, 1.82) is 0 Å². The van der Waals surface area contributed by atoms with E-state index in [2.05, 4.69) is 21.2 Å². The van der Waals surface area contributed by atoms with Crippen molar-refractivity contribution in [2.45, 2.75) is 19.5 Å². The minimum absolute atomic E-state index is 0.0964. The van der Waals surface area contributed by atoms with E-state index in [-0.39, 0.29) is 11.9 Å². The third-order valence-electron chi connectivity index (χ3n) is 4.68. The molecule has 1 amide bonds. The summed E-state index contributed by atoms with van der Waals surface area (Å²) in [5.74, 6) is 0.997. The van der Waals surface area contributed by atoms with Gasteiger partial charge in [-0.1, -0.05) is 18.2 Å². The number of rotatable bonds is 6. The van der Waals surface area contributed by atoms with Crippen LogP contribution < -0.4 is 15.0 Å². The summed E-state index contributed by atoms with van der Waals surface area (Å²) in [4.78, 5) is 18.2. The fraction of sp³-hybridized carbons (Fsp3) is 0.421. The number of ether oxygens (including phenoxy) is 1. The third kappa shape index (κ3) is 4.32. The summed E-state index contributed by atoms with van der Waals surface area (Å²) in [6.07, 6.45) is 0. The number of hydrogen-bond donors (Lipinski definition) is 1. The Labute approximate surface area is 153 Å². The maximum Gasteiger partial charge on any atom is 0.237 e. The molecule has 2 aromatic rings. The second-order valence-electron chi connectivity index (χ2n) is 6.17. The molecule has 25 heavy (non-hydrogen) atoms. The molecular weight excluding hydrogens is 334 g/mol. The van der Waals surface area contributed by atoms with Crippen molar-refractivity contribution in [3.8, 4) is 5.75 Å². The van der Waals surface area contributed by atoms with E-state index in [1.165, 1.54) is 4.88 Å². The first-order valence-electron chi connectivity index (χ1n) is 8.61. The lowest BCUT2D eigenvalue weighted by Crippen LogP contribution is -2.53. The largest absolute Gasteiger partial charge is 0.495 e.